The van der Waals surface area contributed by atoms with Crippen LogP contribution in [0, 0.1) is 48.5 Å². The number of aromatic nitrogens is 15. The van der Waals surface area contributed by atoms with Gasteiger partial charge in [0.15, 0.2) is 29.1 Å². The summed E-state index contributed by atoms with van der Waals surface area (Å²) in [6.45, 7) is 47.1. The number of hydrogen-bond donors (Lipinski definition) is 3. The normalized spacial score (nSPS) is 11.4. The van der Waals surface area contributed by atoms with Gasteiger partial charge in [0, 0.05) is 59.7 Å². The summed E-state index contributed by atoms with van der Waals surface area (Å²) in [6.07, 6.45) is 0. The summed E-state index contributed by atoms with van der Waals surface area (Å²) in [5.74, 6) is 8.82. The first-order valence-corrected chi connectivity index (χ1v) is 44.8. The van der Waals surface area contributed by atoms with Crippen molar-refractivity contribution < 1.29 is 33.2 Å². The Morgan fingerprint density at radius 2 is 0.493 bits per heavy atom. The van der Waals surface area contributed by atoms with Crippen LogP contribution in [0.15, 0.2) is 212 Å². The number of halogens is 1. The summed E-state index contributed by atoms with van der Waals surface area (Å²) in [5, 5.41) is 54.0. The van der Waals surface area contributed by atoms with Gasteiger partial charge in [-0.05, 0) is 242 Å². The minimum absolute atomic E-state index is 0.124. The Morgan fingerprint density at radius 3 is 0.754 bits per heavy atom. The molecule has 10 aromatic carbocycles. The maximum absolute atomic E-state index is 6.13. The fourth-order valence-corrected chi connectivity index (χ4v) is 14.8. The molecule has 0 amide bonds. The number of benzene rings is 10. The molecule has 5 heterocycles. The van der Waals surface area contributed by atoms with Crippen LogP contribution in [-0.2, 0) is 27.1 Å². The van der Waals surface area contributed by atoms with E-state index in [1.165, 1.54) is 27.8 Å². The van der Waals surface area contributed by atoms with Gasteiger partial charge in [-0.3, -0.25) is 0 Å². The molecule has 0 aliphatic rings. The molecule has 15 aromatic rings. The Kier molecular flexibility index (Phi) is 31.9. The van der Waals surface area contributed by atoms with Crippen LogP contribution < -0.4 is 58.9 Å². The molecule has 0 aliphatic carbocycles. The maximum atomic E-state index is 6.13. The summed E-state index contributed by atoms with van der Waals surface area (Å²) in [6, 6.07) is 71.0. The molecular formula is C106H131ClN20O7. The molecule has 134 heavy (non-hydrogen) atoms. The van der Waals surface area contributed by atoms with Crippen molar-refractivity contribution >= 4 is 69.1 Å². The third-order valence-corrected chi connectivity index (χ3v) is 23.3. The van der Waals surface area contributed by atoms with Gasteiger partial charge in [0.25, 0.3) is 0 Å². The lowest BCUT2D eigenvalue weighted by molar-refractivity contribution is 0.400. The van der Waals surface area contributed by atoms with Crippen molar-refractivity contribution in [2.24, 2.45) is 0 Å². The van der Waals surface area contributed by atoms with Crippen LogP contribution in [0.3, 0.4) is 0 Å². The van der Waals surface area contributed by atoms with E-state index in [0.29, 0.717) is 33.9 Å². The van der Waals surface area contributed by atoms with Crippen molar-refractivity contribution in [1.29, 1.82) is 0 Å². The second-order valence-corrected chi connectivity index (χ2v) is 38.4. The average Bonchev–Trinajstić information content (AvgIpc) is 1.65. The number of anilines is 10. The van der Waals surface area contributed by atoms with Gasteiger partial charge >= 0.3 is 0 Å². The van der Waals surface area contributed by atoms with E-state index in [0.717, 1.165) is 137 Å². The minimum atomic E-state index is 0.124. The molecule has 28 heteroatoms. The van der Waals surface area contributed by atoms with Gasteiger partial charge in [-0.1, -0.05) is 214 Å². The smallest absolute Gasteiger partial charge is 0.178 e. The zero-order valence-electron chi connectivity index (χ0n) is 83.5. The molecular weight excluding hydrogens is 1700 g/mol. The molecule has 0 aliphatic heterocycles. The minimum Gasteiger partial charge on any atom is -0.497 e. The molecule has 0 radical (unpaired) electrons. The van der Waals surface area contributed by atoms with E-state index in [9.17, 15) is 0 Å². The second-order valence-electron chi connectivity index (χ2n) is 37.9. The average molecular weight is 1830 g/mol. The first-order chi connectivity index (χ1) is 63.4. The summed E-state index contributed by atoms with van der Waals surface area (Å²) in [7, 11) is 15.5. The van der Waals surface area contributed by atoms with E-state index in [1.54, 1.807) is 74.6 Å². The van der Waals surface area contributed by atoms with Crippen molar-refractivity contribution in [2.75, 3.05) is 89.6 Å². The van der Waals surface area contributed by atoms with Gasteiger partial charge in [0.1, 0.15) is 68.7 Å². The van der Waals surface area contributed by atoms with E-state index in [2.05, 4.69) is 311 Å². The predicted molar refractivity (Wildman–Crippen MR) is 543 cm³/mol. The highest BCUT2D eigenvalue weighted by molar-refractivity contribution is 6.30. The van der Waals surface area contributed by atoms with Crippen molar-refractivity contribution in [2.45, 2.75) is 179 Å². The predicted octanol–water partition coefficient (Wildman–Crippen LogP) is 24.5. The molecule has 0 atom stereocenters. The molecule has 0 spiro atoms. The van der Waals surface area contributed by atoms with E-state index >= 15 is 0 Å². The molecule has 27 nitrogen and oxygen atoms in total. The van der Waals surface area contributed by atoms with Gasteiger partial charge in [0.05, 0.1) is 78.2 Å². The standard InChI is InChI=1S/C22H28N4O2.C22H28N4O.C21H26N4O2.C21H26N4O.C20H23ClN4O/c1-15-21(25(5)17-10-8-16(9-11-17)22(2,3)4)23-24-26(15)19-14-18(27-6)12-13-20(19)28-7;1-15-8-13-20(27-7)19(14-15)26-16(2)21(23-24-26)25(6)18-11-9-17(10-12-18)22(3,4)5;1-14-20(22-16-9-7-15(8-10-16)21(2,3)4)23-24-25(14)18-13-17(26-5)11-12-19(18)27-6;1-14-7-12-19(26-6)18(13-14)25-15(2)20(23-24-25)22-17-10-8-16(9-11-17)21(3,4)5;1-13-19(22-16-9-6-14(7-10-16)20(2,3)4)23-24-25(13)17-12-15(21)8-11-18(17)26-5/h8-14H,1-7H3;8-14H,1-7H3;7-13,22H,1-6H3;7-13,22H,1-6H3;6-12,22H,1-5H3. The monoisotopic (exact) mass is 1830 g/mol. The van der Waals surface area contributed by atoms with Crippen LogP contribution in [0.25, 0.3) is 28.4 Å². The topological polar surface area (TPSA) is 261 Å². The number of ether oxygens (including phenoxy) is 7. The Morgan fingerprint density at radius 1 is 0.261 bits per heavy atom. The van der Waals surface area contributed by atoms with E-state index in [-0.39, 0.29) is 27.1 Å². The van der Waals surface area contributed by atoms with E-state index < -0.39 is 0 Å². The highest BCUT2D eigenvalue weighted by Crippen LogP contribution is 2.39. The molecule has 0 fully saturated rings. The van der Waals surface area contributed by atoms with Crippen LogP contribution in [0.2, 0.25) is 5.02 Å². The molecule has 0 unspecified atom stereocenters. The first kappa shape index (κ1) is 100. The van der Waals surface area contributed by atoms with Crippen LogP contribution in [0.4, 0.5) is 57.5 Å². The van der Waals surface area contributed by atoms with Gasteiger partial charge in [-0.15, -0.1) is 25.5 Å². The molecule has 704 valence electrons. The molecule has 3 N–H and O–H groups in total. The zero-order valence-corrected chi connectivity index (χ0v) is 84.3. The van der Waals surface area contributed by atoms with Crippen molar-refractivity contribution in [1.82, 2.24) is 75.0 Å². The molecule has 5 aromatic heterocycles. The lowest BCUT2D eigenvalue weighted by atomic mass is 9.87. The molecule has 0 saturated carbocycles. The van der Waals surface area contributed by atoms with E-state index in [1.807, 2.05) is 144 Å². The Hall–Kier alpha value is -14.2. The van der Waals surface area contributed by atoms with Crippen molar-refractivity contribution in [3.05, 3.63) is 285 Å². The first-order valence-electron chi connectivity index (χ1n) is 44.4. The number of methoxy groups -OCH3 is 7. The van der Waals surface area contributed by atoms with Crippen LogP contribution >= 0.6 is 11.6 Å². The summed E-state index contributed by atoms with van der Waals surface area (Å²) in [5.41, 5.74) is 23.1. The fourth-order valence-electron chi connectivity index (χ4n) is 14.6. The second kappa shape index (κ2) is 42.6. The lowest BCUT2D eigenvalue weighted by Crippen LogP contribution is -2.14. The van der Waals surface area contributed by atoms with Crippen molar-refractivity contribution in [3.63, 3.8) is 0 Å². The van der Waals surface area contributed by atoms with Crippen molar-refractivity contribution in [3.8, 4) is 68.7 Å². The van der Waals surface area contributed by atoms with Crippen LogP contribution in [0.5, 0.6) is 40.2 Å². The van der Waals surface area contributed by atoms with Crippen LogP contribution in [-0.4, -0.2) is 139 Å². The number of nitrogens with zero attached hydrogens (tertiary/aromatic N) is 17. The maximum Gasteiger partial charge on any atom is 0.178 e. The third-order valence-electron chi connectivity index (χ3n) is 23.1. The van der Waals surface area contributed by atoms with Gasteiger partial charge in [-0.25, -0.2) is 23.4 Å². The Labute approximate surface area is 795 Å². The summed E-state index contributed by atoms with van der Waals surface area (Å²) < 4.78 is 46.9. The lowest BCUT2D eigenvalue weighted by Gasteiger charge is -2.22. The Balaban J connectivity index is 0.000000161. The highest BCUT2D eigenvalue weighted by Gasteiger charge is 2.26. The quantitative estimate of drug-likeness (QED) is 0.0569. The highest BCUT2D eigenvalue weighted by atomic mass is 35.5. The fraction of sp³-hybridized carbons (Fsp3) is 0.340. The largest absolute Gasteiger partial charge is 0.497 e. The summed E-state index contributed by atoms with van der Waals surface area (Å²) in [4.78, 5) is 4.10. The number of nitrogens with one attached hydrogen (secondary N) is 3. The number of aryl methyl sites for hydroxylation is 2. The molecule has 0 saturated heterocycles. The van der Waals surface area contributed by atoms with Gasteiger partial charge < -0.3 is 58.9 Å². The summed E-state index contributed by atoms with van der Waals surface area (Å²) >= 11 is 6.13. The Bertz CT molecular complexity index is 6290. The zero-order chi connectivity index (χ0) is 97.6. The van der Waals surface area contributed by atoms with Crippen LogP contribution in [0.1, 0.15) is 171 Å². The SMILES string of the molecule is COc1ccc(C)cc1-n1nnc(N(C)c2ccc(C(C)(C)C)cc2)c1C.COc1ccc(C)cc1-n1nnc(Nc2ccc(C(C)(C)C)cc2)c1C.COc1ccc(Cl)cc1-n1nnc(Nc2ccc(C(C)(C)C)cc2)c1C.COc1ccc(OC)c(-n2nnc(N(C)c3ccc(C(C)(C)C)cc3)c2C)c1.COc1ccc(OC)c(-n2nnc(Nc3ccc(C(C)(C)C)cc3)c2C)c1. The third kappa shape index (κ3) is 24.2. The number of hydrogen-bond acceptors (Lipinski definition) is 22. The molecule has 0 bridgehead atoms. The molecule has 15 rings (SSSR count). The van der Waals surface area contributed by atoms with E-state index in [4.69, 9.17) is 44.8 Å². The van der Waals surface area contributed by atoms with Gasteiger partial charge in [0.2, 0.25) is 0 Å². The van der Waals surface area contributed by atoms with Gasteiger partial charge in [-0.2, -0.15) is 0 Å². The number of rotatable bonds is 22.